The van der Waals surface area contributed by atoms with Gasteiger partial charge in [0.2, 0.25) is 0 Å². The van der Waals surface area contributed by atoms with Crippen LogP contribution in [0.5, 0.6) is 11.5 Å². The fourth-order valence-electron chi connectivity index (χ4n) is 3.85. The van der Waals surface area contributed by atoms with E-state index in [9.17, 15) is 0 Å². The summed E-state index contributed by atoms with van der Waals surface area (Å²) in [4.78, 5) is 2.44. The fourth-order valence-corrected chi connectivity index (χ4v) is 3.85. The van der Waals surface area contributed by atoms with Crippen LogP contribution in [-0.4, -0.2) is 25.0 Å². The molecule has 0 bridgehead atoms. The number of rotatable bonds is 0. The standard InChI is InChI=1S/C19H21NO/c1-13-7-8-19-16(11-13)14-9-10-20(2)12-17(14)15-5-3-4-6-18(15)21-19/h3-8,11,14,17H,9-10,12H2,1-2H3/t14-,17+/m1/s1. The van der Waals surface area contributed by atoms with Crippen molar-refractivity contribution in [2.45, 2.75) is 25.2 Å². The van der Waals surface area contributed by atoms with Crippen molar-refractivity contribution in [2.24, 2.45) is 0 Å². The van der Waals surface area contributed by atoms with Crippen LogP contribution in [0.1, 0.15) is 34.9 Å². The summed E-state index contributed by atoms with van der Waals surface area (Å²) in [5.74, 6) is 3.18. The van der Waals surface area contributed by atoms with Gasteiger partial charge in [-0.25, -0.2) is 0 Å². The van der Waals surface area contributed by atoms with Gasteiger partial charge in [0, 0.05) is 12.5 Å². The molecule has 2 heterocycles. The van der Waals surface area contributed by atoms with E-state index in [0.29, 0.717) is 11.8 Å². The maximum Gasteiger partial charge on any atom is 0.130 e. The molecule has 2 nitrogen and oxygen atoms in total. The lowest BCUT2D eigenvalue weighted by Crippen LogP contribution is -2.35. The van der Waals surface area contributed by atoms with E-state index in [1.807, 2.05) is 0 Å². The van der Waals surface area contributed by atoms with Gasteiger partial charge < -0.3 is 9.64 Å². The minimum absolute atomic E-state index is 0.531. The number of piperidine rings is 1. The molecule has 4 rings (SSSR count). The van der Waals surface area contributed by atoms with Gasteiger partial charge in [0.15, 0.2) is 0 Å². The number of aryl methyl sites for hydroxylation is 1. The maximum absolute atomic E-state index is 6.27. The third-order valence-electron chi connectivity index (χ3n) is 4.92. The van der Waals surface area contributed by atoms with Gasteiger partial charge in [-0.15, -0.1) is 0 Å². The Morgan fingerprint density at radius 3 is 2.71 bits per heavy atom. The molecule has 0 spiro atoms. The predicted octanol–water partition coefficient (Wildman–Crippen LogP) is 4.30. The molecule has 21 heavy (non-hydrogen) atoms. The molecule has 0 radical (unpaired) electrons. The first-order valence-electron chi connectivity index (χ1n) is 7.78. The summed E-state index contributed by atoms with van der Waals surface area (Å²) >= 11 is 0. The Morgan fingerprint density at radius 2 is 1.81 bits per heavy atom. The smallest absolute Gasteiger partial charge is 0.130 e. The Hall–Kier alpha value is -1.80. The van der Waals surface area contributed by atoms with Crippen LogP contribution in [0, 0.1) is 6.92 Å². The van der Waals surface area contributed by atoms with Crippen molar-refractivity contribution in [3.63, 3.8) is 0 Å². The summed E-state index contributed by atoms with van der Waals surface area (Å²) < 4.78 is 6.27. The Kier molecular flexibility index (Phi) is 3.00. The largest absolute Gasteiger partial charge is 0.457 e. The summed E-state index contributed by atoms with van der Waals surface area (Å²) in [5.41, 5.74) is 4.08. The maximum atomic E-state index is 6.27. The van der Waals surface area contributed by atoms with Crippen molar-refractivity contribution in [1.82, 2.24) is 4.90 Å². The van der Waals surface area contributed by atoms with Gasteiger partial charge in [-0.2, -0.15) is 0 Å². The first-order valence-corrected chi connectivity index (χ1v) is 7.78. The molecule has 0 unspecified atom stereocenters. The van der Waals surface area contributed by atoms with Gasteiger partial charge in [-0.05, 0) is 56.1 Å². The molecule has 1 saturated heterocycles. The van der Waals surface area contributed by atoms with Crippen LogP contribution in [0.25, 0.3) is 0 Å². The first kappa shape index (κ1) is 12.9. The SMILES string of the molecule is Cc1ccc2c(c1)[C@H]1CCN(C)C[C@@H]1c1ccccc1O2. The van der Waals surface area contributed by atoms with Gasteiger partial charge in [-0.1, -0.05) is 35.9 Å². The number of fused-ring (bicyclic) bond motifs is 5. The number of ether oxygens (including phenoxy) is 1. The second kappa shape index (κ2) is 4.88. The van der Waals surface area contributed by atoms with Crippen molar-refractivity contribution < 1.29 is 4.74 Å². The number of likely N-dealkylation sites (N-methyl/N-ethyl adjacent to an activating group) is 1. The highest BCUT2D eigenvalue weighted by atomic mass is 16.5. The first-order chi connectivity index (χ1) is 10.2. The van der Waals surface area contributed by atoms with Crippen LogP contribution >= 0.6 is 0 Å². The zero-order chi connectivity index (χ0) is 14.4. The van der Waals surface area contributed by atoms with Crippen LogP contribution in [0.4, 0.5) is 0 Å². The lowest BCUT2D eigenvalue weighted by Gasteiger charge is -2.36. The molecule has 0 aromatic heterocycles. The Bertz CT molecular complexity index is 679. The molecule has 0 N–H and O–H groups in total. The van der Waals surface area contributed by atoms with Crippen molar-refractivity contribution in [3.05, 3.63) is 59.2 Å². The minimum atomic E-state index is 0.531. The van der Waals surface area contributed by atoms with Crippen molar-refractivity contribution in [3.8, 4) is 11.5 Å². The van der Waals surface area contributed by atoms with E-state index in [1.54, 1.807) is 0 Å². The van der Waals surface area contributed by atoms with E-state index in [1.165, 1.54) is 23.1 Å². The van der Waals surface area contributed by atoms with Gasteiger partial charge >= 0.3 is 0 Å². The van der Waals surface area contributed by atoms with E-state index >= 15 is 0 Å². The number of nitrogens with zero attached hydrogens (tertiary/aromatic N) is 1. The normalized spacial score (nSPS) is 24.3. The van der Waals surface area contributed by atoms with Gasteiger partial charge in [0.05, 0.1) is 0 Å². The molecule has 2 heteroatoms. The van der Waals surface area contributed by atoms with E-state index in [2.05, 4.69) is 61.3 Å². The zero-order valence-electron chi connectivity index (χ0n) is 12.7. The fraction of sp³-hybridized carbons (Fsp3) is 0.368. The second-order valence-electron chi connectivity index (χ2n) is 6.45. The van der Waals surface area contributed by atoms with Crippen LogP contribution in [0.3, 0.4) is 0 Å². The van der Waals surface area contributed by atoms with Crippen molar-refractivity contribution in [1.29, 1.82) is 0 Å². The minimum Gasteiger partial charge on any atom is -0.457 e. The van der Waals surface area contributed by atoms with E-state index in [4.69, 9.17) is 4.74 Å². The molecule has 2 aliphatic heterocycles. The topological polar surface area (TPSA) is 12.5 Å². The molecule has 2 atom stereocenters. The molecular formula is C19H21NO. The molecule has 0 saturated carbocycles. The predicted molar refractivity (Wildman–Crippen MR) is 85.3 cm³/mol. The lowest BCUT2D eigenvalue weighted by molar-refractivity contribution is 0.228. The van der Waals surface area contributed by atoms with E-state index in [-0.39, 0.29) is 0 Å². The molecule has 0 aliphatic carbocycles. The van der Waals surface area contributed by atoms with Gasteiger partial charge in [0.1, 0.15) is 11.5 Å². The summed E-state index contributed by atoms with van der Waals surface area (Å²) in [5, 5.41) is 0. The summed E-state index contributed by atoms with van der Waals surface area (Å²) in [6, 6.07) is 15.2. The number of para-hydroxylation sites is 1. The average Bonchev–Trinajstić information content (AvgIpc) is 2.62. The van der Waals surface area contributed by atoms with Crippen LogP contribution in [0.2, 0.25) is 0 Å². The highest BCUT2D eigenvalue weighted by molar-refractivity contribution is 5.50. The number of hydrogen-bond acceptors (Lipinski definition) is 2. The van der Waals surface area contributed by atoms with Crippen LogP contribution in [0.15, 0.2) is 42.5 Å². The highest BCUT2D eigenvalue weighted by Crippen LogP contribution is 2.49. The van der Waals surface area contributed by atoms with Crippen molar-refractivity contribution >= 4 is 0 Å². The summed E-state index contributed by atoms with van der Waals surface area (Å²) in [6.45, 7) is 4.44. The van der Waals surface area contributed by atoms with E-state index < -0.39 is 0 Å². The molecule has 1 fully saturated rings. The molecular weight excluding hydrogens is 258 g/mol. The number of hydrogen-bond donors (Lipinski definition) is 0. The highest BCUT2D eigenvalue weighted by Gasteiger charge is 2.35. The van der Waals surface area contributed by atoms with Crippen molar-refractivity contribution in [2.75, 3.05) is 20.1 Å². The molecule has 2 aromatic carbocycles. The Balaban J connectivity index is 1.91. The molecule has 2 aliphatic rings. The van der Waals surface area contributed by atoms with Gasteiger partial charge in [-0.3, -0.25) is 0 Å². The van der Waals surface area contributed by atoms with Crippen LogP contribution < -0.4 is 4.74 Å². The zero-order valence-corrected chi connectivity index (χ0v) is 12.7. The second-order valence-corrected chi connectivity index (χ2v) is 6.45. The molecule has 0 amide bonds. The van der Waals surface area contributed by atoms with Gasteiger partial charge in [0.25, 0.3) is 0 Å². The molecule has 2 aromatic rings. The average molecular weight is 279 g/mol. The number of likely N-dealkylation sites (tertiary alicyclic amines) is 1. The van der Waals surface area contributed by atoms with E-state index in [0.717, 1.165) is 24.6 Å². The summed E-state index contributed by atoms with van der Waals surface area (Å²) in [6.07, 6.45) is 1.20. The van der Waals surface area contributed by atoms with Crippen LogP contribution in [-0.2, 0) is 0 Å². The number of benzene rings is 2. The summed E-state index contributed by atoms with van der Waals surface area (Å²) in [7, 11) is 2.22. The lowest BCUT2D eigenvalue weighted by atomic mass is 9.76. The third kappa shape index (κ3) is 2.14. The third-order valence-corrected chi connectivity index (χ3v) is 4.92. The quantitative estimate of drug-likeness (QED) is 0.712. The Morgan fingerprint density at radius 1 is 1.00 bits per heavy atom. The Labute approximate surface area is 126 Å². The monoisotopic (exact) mass is 279 g/mol. The molecule has 108 valence electrons.